The Morgan fingerprint density at radius 2 is 1.00 bits per heavy atom. The van der Waals surface area contributed by atoms with E-state index in [0.717, 1.165) is 0 Å². The van der Waals surface area contributed by atoms with Crippen molar-refractivity contribution in [2.75, 3.05) is 0 Å². The van der Waals surface area contributed by atoms with Gasteiger partial charge in [0, 0.05) is 24.8 Å². The second kappa shape index (κ2) is 13.7. The fourth-order valence-electron chi connectivity index (χ4n) is 0.684. The van der Waals surface area contributed by atoms with Crippen LogP contribution in [0.2, 0.25) is 0 Å². The van der Waals surface area contributed by atoms with Crippen LogP contribution < -0.4 is 15.3 Å². The molecule has 0 bridgehead atoms. The van der Waals surface area contributed by atoms with Crippen molar-refractivity contribution in [3.63, 3.8) is 0 Å². The Labute approximate surface area is 139 Å². The van der Waals surface area contributed by atoms with Crippen LogP contribution in [0, 0.1) is 30.6 Å². The van der Waals surface area contributed by atoms with Crippen molar-refractivity contribution in [3.05, 3.63) is 30.6 Å². The molecule has 0 spiro atoms. The average Bonchev–Trinajstić information content (AvgIpc) is 2.11. The zero-order valence-electron chi connectivity index (χ0n) is 10.4. The summed E-state index contributed by atoms with van der Waals surface area (Å²) in [5, 5.41) is 68.4. The molecule has 15 nitrogen and oxygen atoms in total. The first-order chi connectivity index (χ1) is 9.24. The fraction of sp³-hybridized carbons (Fsp3) is 0.500. The number of carboxylic acids is 3. The van der Waals surface area contributed by atoms with E-state index in [4.69, 9.17) is 35.7 Å². The predicted molar refractivity (Wildman–Crippen MR) is 58.5 cm³/mol. The number of carboxylic acid groups (broad SMARTS) is 3. The van der Waals surface area contributed by atoms with Crippen LogP contribution in [0.3, 0.4) is 0 Å². The molecule has 0 aromatic carbocycles. The number of hydrogen-bond donors (Lipinski definition) is 1. The van der Waals surface area contributed by atoms with Crippen LogP contribution in [-0.4, -0.2) is 66.1 Å². The molecule has 0 aromatic rings. The van der Waals surface area contributed by atoms with E-state index in [9.17, 15) is 29.7 Å². The Morgan fingerprint density at radius 3 is 1.09 bits per heavy atom. The predicted octanol–water partition coefficient (Wildman–Crippen LogP) is -6.65. The Kier molecular flexibility index (Phi) is 17.4. The molecule has 1 N–H and O–H groups in total. The van der Waals surface area contributed by atoms with Crippen molar-refractivity contribution in [1.82, 2.24) is 0 Å². The summed E-state index contributed by atoms with van der Waals surface area (Å²) in [6.07, 6.45) is -2.72. The first kappa shape index (κ1) is 27.9. The summed E-state index contributed by atoms with van der Waals surface area (Å²) < 4.78 is 0. The minimum absolute atomic E-state index is 0. The fourth-order valence-corrected chi connectivity index (χ4v) is 0.684. The molecule has 2 radical (unpaired) electrons. The van der Waals surface area contributed by atoms with Crippen LogP contribution >= 0.6 is 0 Å². The van der Waals surface area contributed by atoms with Crippen LogP contribution in [0.4, 0.5) is 0 Å². The van der Waals surface area contributed by atoms with Crippen LogP contribution in [0.1, 0.15) is 12.8 Å². The van der Waals surface area contributed by atoms with Gasteiger partial charge < -0.3 is 65.5 Å². The standard InChI is InChI=1S/C6H8O7.2NO3.Pb.2H/c7-3(8)1-6(13,5(11)12)2-4(9)10;2*2-1(3)4;;;/h13H,1-2H2,(H,7,8)(H,9,10)(H,11,12);;;;;/q;2*-1;;;/p-3. The van der Waals surface area contributed by atoms with Crippen LogP contribution in [0.15, 0.2) is 0 Å². The summed E-state index contributed by atoms with van der Waals surface area (Å²) in [6, 6.07) is 0. The monoisotopic (exact) mass is 523 g/mol. The van der Waals surface area contributed by atoms with Gasteiger partial charge in [-0.1, -0.05) is 0 Å². The summed E-state index contributed by atoms with van der Waals surface area (Å²) >= 11 is 0. The van der Waals surface area contributed by atoms with Crippen molar-refractivity contribution in [1.29, 1.82) is 0 Å². The van der Waals surface area contributed by atoms with E-state index in [-0.39, 0.29) is 27.3 Å². The molecule has 0 rings (SSSR count). The van der Waals surface area contributed by atoms with Gasteiger partial charge in [0.15, 0.2) is 0 Å². The maximum atomic E-state index is 10.1. The van der Waals surface area contributed by atoms with Gasteiger partial charge in [0.1, 0.15) is 5.60 Å². The molecule has 0 aliphatic rings. The van der Waals surface area contributed by atoms with Crippen molar-refractivity contribution < 1.29 is 45.0 Å². The zero-order chi connectivity index (χ0) is 17.8. The number of nitrogens with zero attached hydrogens (tertiary/aromatic N) is 2. The third-order valence-corrected chi connectivity index (χ3v) is 1.25. The second-order valence-corrected chi connectivity index (χ2v) is 2.86. The van der Waals surface area contributed by atoms with E-state index in [2.05, 4.69) is 0 Å². The molecule has 128 valence electrons. The molecule has 22 heavy (non-hydrogen) atoms. The van der Waals surface area contributed by atoms with Crippen molar-refractivity contribution >= 4 is 45.2 Å². The van der Waals surface area contributed by atoms with Crippen LogP contribution in [-0.2, 0) is 14.4 Å². The summed E-state index contributed by atoms with van der Waals surface area (Å²) in [5.74, 6) is -5.98. The first-order valence-corrected chi connectivity index (χ1v) is 4.21. The number of hydrogen-bond acceptors (Lipinski definition) is 13. The van der Waals surface area contributed by atoms with E-state index < -0.39 is 46.5 Å². The van der Waals surface area contributed by atoms with E-state index >= 15 is 0 Å². The number of carbonyl (C=O) groups is 3. The second-order valence-electron chi connectivity index (χ2n) is 2.86. The first-order valence-electron chi connectivity index (χ1n) is 4.21. The summed E-state index contributed by atoms with van der Waals surface area (Å²) in [7, 11) is 0. The molecule has 0 saturated heterocycles. The van der Waals surface area contributed by atoms with Gasteiger partial charge in [-0.2, -0.15) is 0 Å². The van der Waals surface area contributed by atoms with E-state index in [1.54, 1.807) is 0 Å². The average molecular weight is 522 g/mol. The molecule has 0 amide bonds. The Bertz CT molecular complexity index is 373. The molecular formula is C6H7N2O13Pb-5. The molecule has 0 atom stereocenters. The Balaban J connectivity index is -0.000000150. The molecular weight excluding hydrogens is 515 g/mol. The molecule has 0 aromatic heterocycles. The van der Waals surface area contributed by atoms with Gasteiger partial charge in [0.25, 0.3) is 0 Å². The molecule has 0 aliphatic heterocycles. The topological polar surface area (TPSA) is 273 Å². The van der Waals surface area contributed by atoms with Crippen molar-refractivity contribution in [2.45, 2.75) is 18.4 Å². The van der Waals surface area contributed by atoms with E-state index in [1.807, 2.05) is 0 Å². The van der Waals surface area contributed by atoms with Gasteiger partial charge in [-0.05, 0) is 0 Å². The molecule has 0 unspecified atom stereocenters. The maximum absolute atomic E-state index is 10.1. The summed E-state index contributed by atoms with van der Waals surface area (Å²) in [5.41, 5.74) is -2.97. The number of aliphatic hydroxyl groups is 1. The molecule has 0 aliphatic carbocycles. The third kappa shape index (κ3) is 26.3. The van der Waals surface area contributed by atoms with Crippen molar-refractivity contribution in [2.24, 2.45) is 0 Å². The van der Waals surface area contributed by atoms with E-state index in [1.165, 1.54) is 0 Å². The van der Waals surface area contributed by atoms with Crippen LogP contribution in [0.5, 0.6) is 0 Å². The SMILES string of the molecule is O=C([O-])CC(O)(CC(=O)[O-])C(=O)[O-].O=[N+]([O-])[O-].O=[N+]([O-])[O-].[PbH2]. The van der Waals surface area contributed by atoms with Gasteiger partial charge in [-0.3, -0.25) is 0 Å². The third-order valence-electron chi connectivity index (χ3n) is 1.25. The number of rotatable bonds is 5. The Hall–Kier alpha value is -2.31. The quantitative estimate of drug-likeness (QED) is 0.200. The Morgan fingerprint density at radius 1 is 0.818 bits per heavy atom. The van der Waals surface area contributed by atoms with Gasteiger partial charge in [0.2, 0.25) is 0 Å². The van der Waals surface area contributed by atoms with Gasteiger partial charge >= 0.3 is 27.3 Å². The van der Waals surface area contributed by atoms with E-state index in [0.29, 0.717) is 0 Å². The molecule has 0 heterocycles. The zero-order valence-corrected chi connectivity index (χ0v) is 15.9. The normalized spacial score (nSPS) is 8.59. The number of carbonyl (C=O) groups excluding carboxylic acids is 3. The van der Waals surface area contributed by atoms with Gasteiger partial charge in [-0.25, -0.2) is 0 Å². The molecule has 0 saturated carbocycles. The van der Waals surface area contributed by atoms with Crippen molar-refractivity contribution in [3.8, 4) is 0 Å². The summed E-state index contributed by atoms with van der Waals surface area (Å²) in [6.45, 7) is 0. The summed E-state index contributed by atoms with van der Waals surface area (Å²) in [4.78, 5) is 46.5. The minimum atomic E-state index is -2.97. The number of aliphatic carboxylic acids is 3. The molecule has 0 fully saturated rings. The van der Waals surface area contributed by atoms with Gasteiger partial charge in [0.05, 0.1) is 16.1 Å². The van der Waals surface area contributed by atoms with Gasteiger partial charge in [-0.15, -0.1) is 0 Å². The molecule has 16 heteroatoms. The van der Waals surface area contributed by atoms with Crippen LogP contribution in [0.25, 0.3) is 0 Å².